The summed E-state index contributed by atoms with van der Waals surface area (Å²) in [6.07, 6.45) is 0. The van der Waals surface area contributed by atoms with E-state index in [9.17, 15) is 0 Å². The Morgan fingerprint density at radius 3 is 2.93 bits per heavy atom. The molecule has 0 saturated heterocycles. The van der Waals surface area contributed by atoms with Crippen LogP contribution in [0.3, 0.4) is 0 Å². The Hall–Kier alpha value is -1.55. The van der Waals surface area contributed by atoms with E-state index in [2.05, 4.69) is 16.4 Å². The van der Waals surface area contributed by atoms with Gasteiger partial charge in [-0.1, -0.05) is 12.1 Å². The predicted octanol–water partition coefficient (Wildman–Crippen LogP) is 1.63. The number of aromatic nitrogens is 2. The Balaban J connectivity index is 2.24. The topological polar surface area (TPSA) is 39.1 Å². The highest BCUT2D eigenvalue weighted by molar-refractivity contribution is 5.78. The molecule has 80 valence electrons. The van der Waals surface area contributed by atoms with Crippen LogP contribution in [0.1, 0.15) is 0 Å². The molecule has 4 nitrogen and oxygen atoms in total. The molecular weight excluding hydrogens is 190 g/mol. The van der Waals surface area contributed by atoms with Crippen LogP contribution in [0.2, 0.25) is 0 Å². The standard InChI is InChI=1S/C11H15N3O/c1-14-10-6-4-3-5-9(10)13-11(14)12-7-8-15-2/h3-6H,7-8H2,1-2H3,(H,12,13). The Bertz CT molecular complexity index is 450. The first-order chi connectivity index (χ1) is 7.33. The molecule has 0 unspecified atom stereocenters. The van der Waals surface area contributed by atoms with Crippen LogP contribution in [0.25, 0.3) is 11.0 Å². The lowest BCUT2D eigenvalue weighted by molar-refractivity contribution is 0.210. The molecular formula is C11H15N3O. The Labute approximate surface area is 88.9 Å². The largest absolute Gasteiger partial charge is 0.383 e. The first-order valence-corrected chi connectivity index (χ1v) is 4.97. The number of nitrogens with one attached hydrogen (secondary N) is 1. The molecule has 0 aliphatic heterocycles. The van der Waals surface area contributed by atoms with E-state index in [1.807, 2.05) is 29.8 Å². The predicted molar refractivity (Wildman–Crippen MR) is 61.1 cm³/mol. The molecule has 0 bridgehead atoms. The molecule has 15 heavy (non-hydrogen) atoms. The number of aryl methyl sites for hydroxylation is 1. The first-order valence-electron chi connectivity index (χ1n) is 4.97. The summed E-state index contributed by atoms with van der Waals surface area (Å²) in [5.74, 6) is 0.883. The monoisotopic (exact) mass is 205 g/mol. The van der Waals surface area contributed by atoms with Crippen molar-refractivity contribution in [2.75, 3.05) is 25.6 Å². The van der Waals surface area contributed by atoms with Gasteiger partial charge in [0.25, 0.3) is 0 Å². The van der Waals surface area contributed by atoms with Crippen molar-refractivity contribution in [2.45, 2.75) is 0 Å². The van der Waals surface area contributed by atoms with Crippen LogP contribution in [-0.2, 0) is 11.8 Å². The maximum Gasteiger partial charge on any atom is 0.203 e. The lowest BCUT2D eigenvalue weighted by Gasteiger charge is -2.04. The van der Waals surface area contributed by atoms with Crippen molar-refractivity contribution in [3.05, 3.63) is 24.3 Å². The number of methoxy groups -OCH3 is 1. The summed E-state index contributed by atoms with van der Waals surface area (Å²) >= 11 is 0. The molecule has 0 spiro atoms. The van der Waals surface area contributed by atoms with Crippen LogP contribution in [0, 0.1) is 0 Å². The van der Waals surface area contributed by atoms with Gasteiger partial charge in [0.1, 0.15) is 0 Å². The molecule has 1 N–H and O–H groups in total. The van der Waals surface area contributed by atoms with E-state index in [1.165, 1.54) is 0 Å². The number of para-hydroxylation sites is 2. The molecule has 0 radical (unpaired) electrons. The molecule has 1 aromatic carbocycles. The lowest BCUT2D eigenvalue weighted by Crippen LogP contribution is -2.10. The van der Waals surface area contributed by atoms with Crippen molar-refractivity contribution in [3.8, 4) is 0 Å². The molecule has 1 aromatic heterocycles. The summed E-state index contributed by atoms with van der Waals surface area (Å²) in [4.78, 5) is 4.48. The second-order valence-electron chi connectivity index (χ2n) is 3.40. The van der Waals surface area contributed by atoms with Gasteiger partial charge in [-0.15, -0.1) is 0 Å². The van der Waals surface area contributed by atoms with Crippen molar-refractivity contribution in [1.29, 1.82) is 0 Å². The summed E-state index contributed by atoms with van der Waals surface area (Å²) in [6, 6.07) is 8.08. The molecule has 0 fully saturated rings. The van der Waals surface area contributed by atoms with Crippen LogP contribution in [-0.4, -0.2) is 29.8 Å². The minimum absolute atomic E-state index is 0.684. The molecule has 0 amide bonds. The van der Waals surface area contributed by atoms with E-state index in [0.29, 0.717) is 6.61 Å². The van der Waals surface area contributed by atoms with Crippen molar-refractivity contribution in [3.63, 3.8) is 0 Å². The maximum absolute atomic E-state index is 4.98. The zero-order valence-electron chi connectivity index (χ0n) is 9.03. The summed E-state index contributed by atoms with van der Waals surface area (Å²) in [6.45, 7) is 1.46. The first kappa shape index (κ1) is 9.98. The van der Waals surface area contributed by atoms with Gasteiger partial charge in [0.05, 0.1) is 17.6 Å². The molecule has 2 aromatic rings. The summed E-state index contributed by atoms with van der Waals surface area (Å²) < 4.78 is 7.02. The lowest BCUT2D eigenvalue weighted by atomic mass is 10.3. The number of hydrogen-bond donors (Lipinski definition) is 1. The average Bonchev–Trinajstić information content (AvgIpc) is 2.57. The molecule has 0 saturated carbocycles. The highest BCUT2D eigenvalue weighted by atomic mass is 16.5. The second kappa shape index (κ2) is 4.31. The van der Waals surface area contributed by atoms with E-state index in [0.717, 1.165) is 23.5 Å². The molecule has 4 heteroatoms. The normalized spacial score (nSPS) is 10.8. The Morgan fingerprint density at radius 2 is 2.20 bits per heavy atom. The van der Waals surface area contributed by atoms with Gasteiger partial charge < -0.3 is 14.6 Å². The zero-order chi connectivity index (χ0) is 10.7. The third kappa shape index (κ3) is 1.94. The smallest absolute Gasteiger partial charge is 0.203 e. The van der Waals surface area contributed by atoms with Gasteiger partial charge in [0, 0.05) is 20.7 Å². The highest BCUT2D eigenvalue weighted by Crippen LogP contribution is 2.16. The van der Waals surface area contributed by atoms with Crippen LogP contribution < -0.4 is 5.32 Å². The van der Waals surface area contributed by atoms with E-state index in [4.69, 9.17) is 4.74 Å². The SMILES string of the molecule is COCCNc1nc2ccccc2n1C. The minimum atomic E-state index is 0.684. The Kier molecular flexibility index (Phi) is 2.87. The zero-order valence-corrected chi connectivity index (χ0v) is 9.03. The van der Waals surface area contributed by atoms with E-state index in [1.54, 1.807) is 7.11 Å². The number of nitrogens with zero attached hydrogens (tertiary/aromatic N) is 2. The molecule has 0 atom stereocenters. The number of rotatable bonds is 4. The van der Waals surface area contributed by atoms with Crippen LogP contribution >= 0.6 is 0 Å². The Morgan fingerprint density at radius 1 is 1.40 bits per heavy atom. The fourth-order valence-electron chi connectivity index (χ4n) is 1.57. The summed E-state index contributed by atoms with van der Waals surface area (Å²) in [7, 11) is 3.70. The maximum atomic E-state index is 4.98. The molecule has 1 heterocycles. The van der Waals surface area contributed by atoms with Gasteiger partial charge in [0.2, 0.25) is 5.95 Å². The number of fused-ring (bicyclic) bond motifs is 1. The van der Waals surface area contributed by atoms with Gasteiger partial charge in [-0.05, 0) is 12.1 Å². The van der Waals surface area contributed by atoms with E-state index < -0.39 is 0 Å². The van der Waals surface area contributed by atoms with Gasteiger partial charge in [-0.25, -0.2) is 4.98 Å². The third-order valence-corrected chi connectivity index (χ3v) is 2.38. The van der Waals surface area contributed by atoms with Gasteiger partial charge >= 0.3 is 0 Å². The van der Waals surface area contributed by atoms with Gasteiger partial charge in [-0.2, -0.15) is 0 Å². The quantitative estimate of drug-likeness (QED) is 0.771. The second-order valence-corrected chi connectivity index (χ2v) is 3.40. The van der Waals surface area contributed by atoms with Crippen LogP contribution in [0.4, 0.5) is 5.95 Å². The van der Waals surface area contributed by atoms with Crippen molar-refractivity contribution >= 4 is 17.0 Å². The fraction of sp³-hybridized carbons (Fsp3) is 0.364. The third-order valence-electron chi connectivity index (χ3n) is 2.38. The van der Waals surface area contributed by atoms with Gasteiger partial charge in [-0.3, -0.25) is 0 Å². The number of imidazole rings is 1. The fourth-order valence-corrected chi connectivity index (χ4v) is 1.57. The van der Waals surface area contributed by atoms with E-state index in [-0.39, 0.29) is 0 Å². The summed E-state index contributed by atoms with van der Waals surface area (Å²) in [5, 5.41) is 3.23. The molecule has 0 aliphatic rings. The number of benzene rings is 1. The van der Waals surface area contributed by atoms with Crippen LogP contribution in [0.15, 0.2) is 24.3 Å². The molecule has 2 rings (SSSR count). The van der Waals surface area contributed by atoms with Crippen molar-refractivity contribution in [1.82, 2.24) is 9.55 Å². The molecule has 0 aliphatic carbocycles. The van der Waals surface area contributed by atoms with E-state index >= 15 is 0 Å². The minimum Gasteiger partial charge on any atom is -0.383 e. The average molecular weight is 205 g/mol. The van der Waals surface area contributed by atoms with Crippen molar-refractivity contribution in [2.24, 2.45) is 7.05 Å². The summed E-state index contributed by atoms with van der Waals surface area (Å²) in [5.41, 5.74) is 2.15. The van der Waals surface area contributed by atoms with Crippen LogP contribution in [0.5, 0.6) is 0 Å². The number of anilines is 1. The highest BCUT2D eigenvalue weighted by Gasteiger charge is 2.05. The number of hydrogen-bond acceptors (Lipinski definition) is 3. The number of ether oxygens (including phenoxy) is 1. The van der Waals surface area contributed by atoms with Gasteiger partial charge in [0.15, 0.2) is 0 Å². The van der Waals surface area contributed by atoms with Crippen molar-refractivity contribution < 1.29 is 4.74 Å².